The van der Waals surface area contributed by atoms with E-state index in [1.54, 1.807) is 0 Å². The minimum Gasteiger partial charge on any atom is -0.427 e. The summed E-state index contributed by atoms with van der Waals surface area (Å²) in [6.07, 6.45) is 6.12. The first-order valence-electron chi connectivity index (χ1n) is 8.44. The van der Waals surface area contributed by atoms with Crippen LogP contribution in [0.5, 0.6) is 0 Å². The minimum atomic E-state index is -1.20. The zero-order chi connectivity index (χ0) is 18.9. The minimum absolute atomic E-state index is 0.141. The Morgan fingerprint density at radius 3 is 2.32 bits per heavy atom. The molecule has 0 aromatic heterocycles. The average molecular weight is 369 g/mol. The number of hydrogen-bond acceptors (Lipinski definition) is 6. The van der Waals surface area contributed by atoms with E-state index in [0.717, 1.165) is 43.5 Å². The summed E-state index contributed by atoms with van der Waals surface area (Å²) in [4.78, 5) is 16.2. The number of carbonyl (C=O) groups excluding carboxylic acids is 2. The second-order valence-electron chi connectivity index (χ2n) is 6.85. The van der Waals surface area contributed by atoms with E-state index in [0.29, 0.717) is 12.2 Å². The number of halogens is 1. The topological polar surface area (TPSA) is 127 Å². The van der Waals surface area contributed by atoms with Crippen molar-refractivity contribution in [2.24, 2.45) is 17.4 Å². The molecule has 6 nitrogen and oxygen atoms in total. The third-order valence-electron chi connectivity index (χ3n) is 4.66. The van der Waals surface area contributed by atoms with Crippen LogP contribution in [0.3, 0.4) is 0 Å². The average Bonchev–Trinajstić information content (AvgIpc) is 2.52. The molecule has 1 aliphatic rings. The lowest BCUT2D eigenvalue weighted by molar-refractivity contribution is -0.191. The Hall–Kier alpha value is -1.21. The number of nitrogens with two attached hydrogens (primary N) is 2. The van der Waals surface area contributed by atoms with E-state index >= 15 is 0 Å². The van der Waals surface area contributed by atoms with Gasteiger partial charge >= 0.3 is 13.3 Å². The van der Waals surface area contributed by atoms with Crippen molar-refractivity contribution < 1.29 is 19.6 Å². The van der Waals surface area contributed by atoms with Gasteiger partial charge in [0.05, 0.1) is 0 Å². The second-order valence-corrected chi connectivity index (χ2v) is 7.28. The van der Waals surface area contributed by atoms with Gasteiger partial charge in [-0.15, -0.1) is 0 Å². The van der Waals surface area contributed by atoms with Crippen molar-refractivity contribution in [3.8, 4) is 0 Å². The molecule has 1 aliphatic carbocycles. The largest absolute Gasteiger partial charge is 0.451 e. The monoisotopic (exact) mass is 368 g/mol. The van der Waals surface area contributed by atoms with Gasteiger partial charge in [0.1, 0.15) is 0 Å². The Labute approximate surface area is 153 Å². The Kier molecular flexibility index (Phi) is 9.36. The number of hydrogen-bond donors (Lipinski definition) is 4. The van der Waals surface area contributed by atoms with E-state index in [-0.39, 0.29) is 17.7 Å². The summed E-state index contributed by atoms with van der Waals surface area (Å²) in [5.74, 6) is 0.483. The fraction of sp³-hybridized carbons (Fsp3) is 0.588. The zero-order valence-corrected chi connectivity index (χ0v) is 15.0. The van der Waals surface area contributed by atoms with Gasteiger partial charge in [0.15, 0.2) is 0 Å². The van der Waals surface area contributed by atoms with E-state index in [1.165, 1.54) is 5.56 Å². The van der Waals surface area contributed by atoms with Crippen molar-refractivity contribution in [3.05, 3.63) is 34.9 Å². The van der Waals surface area contributed by atoms with E-state index < -0.39 is 7.12 Å². The molecule has 0 aliphatic heterocycles. The van der Waals surface area contributed by atoms with Crippen LogP contribution < -0.4 is 11.5 Å². The van der Waals surface area contributed by atoms with Crippen LogP contribution in [-0.2, 0) is 16.0 Å². The van der Waals surface area contributed by atoms with Gasteiger partial charge in [-0.3, -0.25) is 0 Å². The van der Waals surface area contributed by atoms with Gasteiger partial charge in [-0.05, 0) is 55.6 Å². The first-order chi connectivity index (χ1) is 11.8. The van der Waals surface area contributed by atoms with Crippen LogP contribution in [0, 0.1) is 5.92 Å². The summed E-state index contributed by atoms with van der Waals surface area (Å²) in [6, 6.07) is 8.03. The van der Waals surface area contributed by atoms with Crippen LogP contribution in [0.1, 0.15) is 37.7 Å². The highest BCUT2D eigenvalue weighted by Crippen LogP contribution is 2.40. The predicted octanol–water partition coefficient (Wildman–Crippen LogP) is 1.38. The first kappa shape index (κ1) is 21.8. The molecule has 0 saturated heterocycles. The Bertz CT molecular complexity index is 544. The molecule has 0 heterocycles. The number of benzene rings is 1. The van der Waals surface area contributed by atoms with Crippen molar-refractivity contribution in [1.29, 1.82) is 0 Å². The van der Waals surface area contributed by atoms with Crippen LogP contribution in [0.15, 0.2) is 24.3 Å². The summed E-state index contributed by atoms with van der Waals surface area (Å²) in [5.41, 5.74) is 13.8. The van der Waals surface area contributed by atoms with Gasteiger partial charge < -0.3 is 21.5 Å². The SMILES string of the molecule is NC(CCCCB(O)O)C1CC(N)(Cc2ccc(Cl)cc2)C1.O=C=O. The van der Waals surface area contributed by atoms with E-state index in [2.05, 4.69) is 0 Å². The molecule has 1 atom stereocenters. The van der Waals surface area contributed by atoms with Gasteiger partial charge in [0.25, 0.3) is 0 Å². The lowest BCUT2D eigenvalue weighted by atomic mass is 9.63. The second kappa shape index (κ2) is 10.7. The van der Waals surface area contributed by atoms with Gasteiger partial charge in [-0.25, -0.2) is 0 Å². The molecule has 8 heteroatoms. The molecule has 0 radical (unpaired) electrons. The van der Waals surface area contributed by atoms with Crippen molar-refractivity contribution in [1.82, 2.24) is 0 Å². The Morgan fingerprint density at radius 1 is 1.24 bits per heavy atom. The highest BCUT2D eigenvalue weighted by Gasteiger charge is 2.43. The molecule has 1 saturated carbocycles. The highest BCUT2D eigenvalue weighted by atomic mass is 35.5. The van der Waals surface area contributed by atoms with Gasteiger partial charge in [-0.2, -0.15) is 9.59 Å². The lowest BCUT2D eigenvalue weighted by Gasteiger charge is -2.48. The normalized spacial score (nSPS) is 22.8. The molecule has 25 heavy (non-hydrogen) atoms. The molecule has 1 unspecified atom stereocenters. The van der Waals surface area contributed by atoms with E-state index in [9.17, 15) is 0 Å². The third kappa shape index (κ3) is 8.14. The van der Waals surface area contributed by atoms with Gasteiger partial charge in [0.2, 0.25) is 0 Å². The lowest BCUT2D eigenvalue weighted by Crippen LogP contribution is -2.57. The smallest absolute Gasteiger partial charge is 0.427 e. The molecule has 6 N–H and O–H groups in total. The van der Waals surface area contributed by atoms with E-state index in [1.807, 2.05) is 24.3 Å². The molecule has 0 bridgehead atoms. The molecular formula is C17H26BClN2O4. The number of unbranched alkanes of at least 4 members (excludes halogenated alkanes) is 1. The molecule has 0 spiro atoms. The summed E-state index contributed by atoms with van der Waals surface area (Å²) < 4.78 is 0. The summed E-state index contributed by atoms with van der Waals surface area (Å²) in [6.45, 7) is 0. The third-order valence-corrected chi connectivity index (χ3v) is 4.91. The van der Waals surface area contributed by atoms with Crippen LogP contribution in [0.25, 0.3) is 0 Å². The Morgan fingerprint density at radius 2 is 1.80 bits per heavy atom. The highest BCUT2D eigenvalue weighted by molar-refractivity contribution is 6.40. The molecule has 1 fully saturated rings. The van der Waals surface area contributed by atoms with Gasteiger partial charge in [0, 0.05) is 16.6 Å². The quantitative estimate of drug-likeness (QED) is 0.405. The summed E-state index contributed by atoms with van der Waals surface area (Å²) in [7, 11) is -1.20. The molecular weight excluding hydrogens is 342 g/mol. The van der Waals surface area contributed by atoms with Crippen molar-refractivity contribution in [3.63, 3.8) is 0 Å². The Balaban J connectivity index is 0.000000970. The maximum atomic E-state index is 8.81. The van der Waals surface area contributed by atoms with Crippen LogP contribution >= 0.6 is 11.6 Å². The van der Waals surface area contributed by atoms with Crippen LogP contribution in [0.4, 0.5) is 0 Å². The fourth-order valence-corrected chi connectivity index (χ4v) is 3.51. The molecule has 138 valence electrons. The molecule has 0 amide bonds. The standard InChI is InChI=1S/C16H26BClN2O2.CO2/c18-14-6-4-12(5-7-14)9-16(20)10-13(11-16)15(19)3-1-2-8-17(21)22;2-1-3/h4-7,13,15,21-22H,1-3,8-11,19-20H2;. The molecule has 2 rings (SSSR count). The van der Waals surface area contributed by atoms with Crippen molar-refractivity contribution in [2.45, 2.75) is 56.4 Å². The summed E-state index contributed by atoms with van der Waals surface area (Å²) >= 11 is 5.90. The van der Waals surface area contributed by atoms with Crippen molar-refractivity contribution >= 4 is 24.9 Å². The first-order valence-corrected chi connectivity index (χ1v) is 8.82. The molecule has 1 aromatic carbocycles. The zero-order valence-electron chi connectivity index (χ0n) is 14.2. The molecule has 1 aromatic rings. The van der Waals surface area contributed by atoms with Gasteiger partial charge in [-0.1, -0.05) is 36.6 Å². The fourth-order valence-electron chi connectivity index (χ4n) is 3.38. The summed E-state index contributed by atoms with van der Waals surface area (Å²) in [5, 5.41) is 18.4. The van der Waals surface area contributed by atoms with Crippen molar-refractivity contribution in [2.75, 3.05) is 0 Å². The van der Waals surface area contributed by atoms with Crippen LogP contribution in [-0.4, -0.2) is 34.9 Å². The maximum absolute atomic E-state index is 8.81. The van der Waals surface area contributed by atoms with Crippen LogP contribution in [0.2, 0.25) is 11.3 Å². The predicted molar refractivity (Wildman–Crippen MR) is 96.6 cm³/mol. The van der Waals surface area contributed by atoms with E-state index in [4.69, 9.17) is 42.7 Å². The maximum Gasteiger partial charge on any atom is 0.451 e. The number of rotatable bonds is 8.